The van der Waals surface area contributed by atoms with E-state index in [2.05, 4.69) is 10.9 Å². The van der Waals surface area contributed by atoms with E-state index < -0.39 is 17.7 Å². The monoisotopic (exact) mass is 352 g/mol. The molecule has 3 unspecified atom stereocenters. The molecule has 2 aliphatic rings. The van der Waals surface area contributed by atoms with Crippen LogP contribution >= 0.6 is 0 Å². The molecule has 2 aliphatic heterocycles. The third-order valence-electron chi connectivity index (χ3n) is 5.67. The number of nitrogens with one attached hydrogen (secondary N) is 2. The molecule has 5 atom stereocenters. The number of hydrogen-bond donors (Lipinski definition) is 3. The molecular weight excluding hydrogens is 326 g/mol. The van der Waals surface area contributed by atoms with Crippen LogP contribution in [0.5, 0.6) is 0 Å². The van der Waals surface area contributed by atoms with Crippen molar-refractivity contribution < 1.29 is 13.6 Å². The van der Waals surface area contributed by atoms with E-state index in [9.17, 15) is 13.6 Å². The summed E-state index contributed by atoms with van der Waals surface area (Å²) >= 11 is 0. The molecule has 0 radical (unpaired) electrons. The Hall–Kier alpha value is -1.57. The molecule has 5 nitrogen and oxygen atoms in total. The highest BCUT2D eigenvalue weighted by molar-refractivity contribution is 5.82. The number of rotatable bonds is 4. The summed E-state index contributed by atoms with van der Waals surface area (Å²) in [4.78, 5) is 14.5. The van der Waals surface area contributed by atoms with Crippen LogP contribution in [0.3, 0.4) is 0 Å². The van der Waals surface area contributed by atoms with Crippen molar-refractivity contribution in [2.24, 2.45) is 17.6 Å². The van der Waals surface area contributed by atoms with Crippen molar-refractivity contribution in [2.75, 3.05) is 13.1 Å². The lowest BCUT2D eigenvalue weighted by atomic mass is 9.84. The Bertz CT molecular complexity index is 642. The van der Waals surface area contributed by atoms with Gasteiger partial charge in [0.05, 0.1) is 12.1 Å². The zero-order chi connectivity index (χ0) is 18.1. The SMILES string of the molecule is CC[C@@H](C)[C@@H](N)C(=O)N1CCC2NNC(c3ccc(F)c(F)c3)C2C1. The second-order valence-corrected chi connectivity index (χ2v) is 7.19. The number of piperidine rings is 1. The van der Waals surface area contributed by atoms with Crippen molar-refractivity contribution in [1.29, 1.82) is 0 Å². The molecule has 7 heteroatoms. The number of hydrazine groups is 1. The first-order chi connectivity index (χ1) is 11.9. The summed E-state index contributed by atoms with van der Waals surface area (Å²) in [5, 5.41) is 0. The van der Waals surface area contributed by atoms with Crippen LogP contribution in [-0.2, 0) is 4.79 Å². The van der Waals surface area contributed by atoms with Crippen molar-refractivity contribution in [3.63, 3.8) is 0 Å². The minimum absolute atomic E-state index is 0.0243. The Morgan fingerprint density at radius 2 is 2.12 bits per heavy atom. The number of hydrogen-bond acceptors (Lipinski definition) is 4. The molecule has 25 heavy (non-hydrogen) atoms. The first-order valence-corrected chi connectivity index (χ1v) is 8.92. The van der Waals surface area contributed by atoms with E-state index in [1.807, 2.05) is 18.7 Å². The lowest BCUT2D eigenvalue weighted by Gasteiger charge is -2.38. The fourth-order valence-corrected chi connectivity index (χ4v) is 3.75. The van der Waals surface area contributed by atoms with Crippen LogP contribution in [-0.4, -0.2) is 36.0 Å². The molecule has 0 aliphatic carbocycles. The standard InChI is InChI=1S/C18H26F2N4O/c1-3-10(2)16(21)18(25)24-7-6-15-12(9-24)17(23-22-15)11-4-5-13(19)14(20)8-11/h4-5,8,10,12,15-17,22-23H,3,6-7,9,21H2,1-2H3/t10-,12?,15?,16-,17?/m1/s1. The van der Waals surface area contributed by atoms with Gasteiger partial charge in [0.25, 0.3) is 0 Å². The van der Waals surface area contributed by atoms with Crippen molar-refractivity contribution in [2.45, 2.75) is 44.8 Å². The normalized spacial score (nSPS) is 28.5. The van der Waals surface area contributed by atoms with Crippen LogP contribution in [0.2, 0.25) is 0 Å². The molecule has 2 saturated heterocycles. The number of likely N-dealkylation sites (tertiary alicyclic amines) is 1. The summed E-state index contributed by atoms with van der Waals surface area (Å²) in [6, 6.07) is 3.49. The van der Waals surface area contributed by atoms with Gasteiger partial charge in [-0.1, -0.05) is 26.3 Å². The van der Waals surface area contributed by atoms with Gasteiger partial charge >= 0.3 is 0 Å². The van der Waals surface area contributed by atoms with Crippen LogP contribution in [0, 0.1) is 23.5 Å². The predicted molar refractivity (Wildman–Crippen MR) is 91.3 cm³/mol. The molecule has 1 amide bonds. The van der Waals surface area contributed by atoms with Crippen molar-refractivity contribution in [3.05, 3.63) is 35.4 Å². The number of carbonyl (C=O) groups excluding carboxylic acids is 1. The van der Waals surface area contributed by atoms with E-state index in [1.165, 1.54) is 6.07 Å². The molecule has 138 valence electrons. The van der Waals surface area contributed by atoms with Gasteiger partial charge < -0.3 is 10.6 Å². The average molecular weight is 352 g/mol. The minimum atomic E-state index is -0.856. The second kappa shape index (κ2) is 7.35. The number of carbonyl (C=O) groups is 1. The Balaban J connectivity index is 1.74. The Morgan fingerprint density at radius 1 is 1.36 bits per heavy atom. The predicted octanol–water partition coefficient (Wildman–Crippen LogP) is 1.70. The fourth-order valence-electron chi connectivity index (χ4n) is 3.75. The first kappa shape index (κ1) is 18.2. The molecule has 0 spiro atoms. The molecule has 4 N–H and O–H groups in total. The number of nitrogens with zero attached hydrogens (tertiary/aromatic N) is 1. The first-order valence-electron chi connectivity index (χ1n) is 8.92. The fraction of sp³-hybridized carbons (Fsp3) is 0.611. The molecule has 0 saturated carbocycles. The smallest absolute Gasteiger partial charge is 0.239 e. The highest BCUT2D eigenvalue weighted by Gasteiger charge is 2.42. The molecule has 3 rings (SSSR count). The summed E-state index contributed by atoms with van der Waals surface area (Å²) in [7, 11) is 0. The minimum Gasteiger partial charge on any atom is -0.341 e. The van der Waals surface area contributed by atoms with Gasteiger partial charge in [-0.2, -0.15) is 0 Å². The molecule has 1 aromatic rings. The van der Waals surface area contributed by atoms with Crippen LogP contribution in [0.25, 0.3) is 0 Å². The van der Waals surface area contributed by atoms with Crippen LogP contribution in [0.15, 0.2) is 18.2 Å². The zero-order valence-corrected chi connectivity index (χ0v) is 14.6. The number of benzene rings is 1. The third kappa shape index (κ3) is 3.54. The van der Waals surface area contributed by atoms with Gasteiger partial charge in [-0.15, -0.1) is 0 Å². The maximum Gasteiger partial charge on any atom is 0.239 e. The van der Waals surface area contributed by atoms with Gasteiger partial charge in [0.2, 0.25) is 5.91 Å². The van der Waals surface area contributed by atoms with Gasteiger partial charge in [-0.25, -0.2) is 14.2 Å². The lowest BCUT2D eigenvalue weighted by Crippen LogP contribution is -2.53. The maximum absolute atomic E-state index is 13.6. The van der Waals surface area contributed by atoms with Crippen molar-refractivity contribution >= 4 is 5.91 Å². The number of amides is 1. The molecule has 0 aromatic heterocycles. The lowest BCUT2D eigenvalue weighted by molar-refractivity contribution is -0.135. The van der Waals surface area contributed by atoms with E-state index in [0.717, 1.165) is 18.9 Å². The summed E-state index contributed by atoms with van der Waals surface area (Å²) in [6.07, 6.45) is 1.66. The van der Waals surface area contributed by atoms with E-state index >= 15 is 0 Å². The molecule has 1 aromatic carbocycles. The van der Waals surface area contributed by atoms with Gasteiger partial charge in [0, 0.05) is 25.0 Å². The van der Waals surface area contributed by atoms with E-state index in [1.54, 1.807) is 6.07 Å². The van der Waals surface area contributed by atoms with Crippen LogP contribution < -0.4 is 16.6 Å². The largest absolute Gasteiger partial charge is 0.341 e. The van der Waals surface area contributed by atoms with Gasteiger partial charge in [-0.3, -0.25) is 10.2 Å². The van der Waals surface area contributed by atoms with E-state index in [0.29, 0.717) is 18.7 Å². The highest BCUT2D eigenvalue weighted by atomic mass is 19.2. The zero-order valence-electron chi connectivity index (χ0n) is 14.6. The summed E-state index contributed by atoms with van der Waals surface area (Å²) in [6.45, 7) is 5.21. The molecular formula is C18H26F2N4O. The molecule has 2 fully saturated rings. The van der Waals surface area contributed by atoms with Gasteiger partial charge in [-0.05, 0) is 30.0 Å². The van der Waals surface area contributed by atoms with Crippen molar-refractivity contribution in [1.82, 2.24) is 15.8 Å². The van der Waals surface area contributed by atoms with Crippen LogP contribution in [0.1, 0.15) is 38.3 Å². The highest BCUT2D eigenvalue weighted by Crippen LogP contribution is 2.34. The summed E-state index contributed by atoms with van der Waals surface area (Å²) in [5.41, 5.74) is 13.2. The molecule has 2 heterocycles. The quantitative estimate of drug-likeness (QED) is 0.771. The summed E-state index contributed by atoms with van der Waals surface area (Å²) in [5.74, 6) is -1.51. The number of nitrogens with two attached hydrogens (primary N) is 1. The summed E-state index contributed by atoms with van der Waals surface area (Å²) < 4.78 is 26.8. The van der Waals surface area contributed by atoms with E-state index in [4.69, 9.17) is 5.73 Å². The topological polar surface area (TPSA) is 70.4 Å². The average Bonchev–Trinajstić information content (AvgIpc) is 3.05. The molecule has 0 bridgehead atoms. The second-order valence-electron chi connectivity index (χ2n) is 7.19. The Morgan fingerprint density at radius 3 is 2.80 bits per heavy atom. The third-order valence-corrected chi connectivity index (χ3v) is 5.67. The Labute approximate surface area is 146 Å². The van der Waals surface area contributed by atoms with Gasteiger partial charge in [0.15, 0.2) is 11.6 Å². The van der Waals surface area contributed by atoms with Crippen molar-refractivity contribution in [3.8, 4) is 0 Å². The van der Waals surface area contributed by atoms with E-state index in [-0.39, 0.29) is 29.8 Å². The Kier molecular flexibility index (Phi) is 5.36. The maximum atomic E-state index is 13.6. The van der Waals surface area contributed by atoms with Crippen LogP contribution in [0.4, 0.5) is 8.78 Å². The number of halogens is 2. The number of fused-ring (bicyclic) bond motifs is 1. The van der Waals surface area contributed by atoms with Gasteiger partial charge in [0.1, 0.15) is 0 Å².